The molecule has 5 rings (SSSR count). The fraction of sp³-hybridized carbons (Fsp3) is 0.259. The minimum absolute atomic E-state index is 0.0849. The van der Waals surface area contributed by atoms with E-state index in [0.717, 1.165) is 41.0 Å². The van der Waals surface area contributed by atoms with Gasteiger partial charge in [-0.2, -0.15) is 4.31 Å². The molecule has 0 radical (unpaired) electrons. The lowest BCUT2D eigenvalue weighted by Gasteiger charge is -2.25. The molecule has 0 unspecified atom stereocenters. The molecule has 186 valence electrons. The molecule has 0 amide bonds. The molecule has 0 bridgehead atoms. The van der Waals surface area contributed by atoms with Crippen LogP contribution in [-0.4, -0.2) is 46.9 Å². The maximum Gasteiger partial charge on any atom is 0.243 e. The van der Waals surface area contributed by atoms with E-state index in [0.29, 0.717) is 30.2 Å². The number of hydrogen-bond donors (Lipinski definition) is 0. The molecule has 3 aromatic carbocycles. The largest absolute Gasteiger partial charge is 0.314 e. The van der Waals surface area contributed by atoms with Crippen molar-refractivity contribution in [2.75, 3.05) is 18.8 Å². The minimum Gasteiger partial charge on any atom is -0.314 e. The number of nitrogens with zero attached hydrogens (tertiary/aromatic N) is 3. The van der Waals surface area contributed by atoms with Crippen LogP contribution in [0.15, 0.2) is 82.8 Å². The summed E-state index contributed by atoms with van der Waals surface area (Å²) in [5, 5.41) is 1.34. The Morgan fingerprint density at radius 3 is 2.39 bits per heavy atom. The SMILES string of the molecule is O=C(CSc1nc2cc(Cl)ccc2n1Cc1ccccc1)c1ccc(S(=O)(=O)N2CCCCC2)cc1. The topological polar surface area (TPSA) is 72.3 Å². The summed E-state index contributed by atoms with van der Waals surface area (Å²) >= 11 is 7.55. The lowest BCUT2D eigenvalue weighted by atomic mass is 10.1. The van der Waals surface area contributed by atoms with Crippen LogP contribution >= 0.6 is 23.4 Å². The van der Waals surface area contributed by atoms with E-state index in [1.54, 1.807) is 12.1 Å². The molecule has 0 N–H and O–H groups in total. The van der Waals surface area contributed by atoms with E-state index in [-0.39, 0.29) is 16.4 Å². The van der Waals surface area contributed by atoms with Gasteiger partial charge in [-0.1, -0.05) is 72.2 Å². The van der Waals surface area contributed by atoms with Gasteiger partial charge in [-0.25, -0.2) is 13.4 Å². The van der Waals surface area contributed by atoms with Crippen LogP contribution in [0.2, 0.25) is 5.02 Å². The maximum absolute atomic E-state index is 13.0. The van der Waals surface area contributed by atoms with Gasteiger partial charge in [0, 0.05) is 23.7 Å². The Morgan fingerprint density at radius 1 is 0.944 bits per heavy atom. The van der Waals surface area contributed by atoms with Crippen molar-refractivity contribution in [3.05, 3.63) is 88.9 Å². The first-order valence-electron chi connectivity index (χ1n) is 11.9. The van der Waals surface area contributed by atoms with E-state index < -0.39 is 10.0 Å². The summed E-state index contributed by atoms with van der Waals surface area (Å²) in [6.45, 7) is 1.72. The number of aromatic nitrogens is 2. The van der Waals surface area contributed by atoms with Gasteiger partial charge in [0.1, 0.15) is 0 Å². The fourth-order valence-electron chi connectivity index (χ4n) is 4.39. The van der Waals surface area contributed by atoms with Crippen molar-refractivity contribution in [1.82, 2.24) is 13.9 Å². The average Bonchev–Trinajstić information content (AvgIpc) is 3.24. The molecular weight excluding hydrogens is 514 g/mol. The van der Waals surface area contributed by atoms with Crippen LogP contribution in [0.25, 0.3) is 11.0 Å². The van der Waals surface area contributed by atoms with E-state index in [1.165, 1.54) is 28.2 Å². The minimum atomic E-state index is -3.52. The summed E-state index contributed by atoms with van der Waals surface area (Å²) in [6.07, 6.45) is 2.83. The molecule has 1 saturated heterocycles. The molecule has 6 nitrogen and oxygen atoms in total. The zero-order valence-corrected chi connectivity index (χ0v) is 22.0. The molecule has 0 atom stereocenters. The van der Waals surface area contributed by atoms with Crippen molar-refractivity contribution >= 4 is 50.2 Å². The number of halogens is 1. The maximum atomic E-state index is 13.0. The second-order valence-electron chi connectivity index (χ2n) is 8.80. The normalized spacial score (nSPS) is 14.8. The number of carbonyl (C=O) groups is 1. The number of carbonyl (C=O) groups excluding carboxylic acids is 1. The summed E-state index contributed by atoms with van der Waals surface area (Å²) in [4.78, 5) is 18.0. The second-order valence-corrected chi connectivity index (χ2v) is 12.1. The molecule has 4 aromatic rings. The standard InChI is InChI=1S/C27H26ClN3O3S2/c28-22-11-14-25-24(17-22)29-27(31(25)18-20-7-3-1-4-8-20)35-19-26(32)21-9-12-23(13-10-21)36(33,34)30-15-5-2-6-16-30/h1,3-4,7-14,17H,2,5-6,15-16,18-19H2. The predicted octanol–water partition coefficient (Wildman–Crippen LogP) is 5.89. The monoisotopic (exact) mass is 539 g/mol. The number of piperidine rings is 1. The quantitative estimate of drug-likeness (QED) is 0.206. The van der Waals surface area contributed by atoms with Gasteiger partial charge in [0.25, 0.3) is 0 Å². The molecule has 1 aliphatic heterocycles. The van der Waals surface area contributed by atoms with Gasteiger partial charge in [-0.05, 0) is 48.7 Å². The van der Waals surface area contributed by atoms with Crippen molar-refractivity contribution < 1.29 is 13.2 Å². The number of ketones is 1. The highest BCUT2D eigenvalue weighted by molar-refractivity contribution is 7.99. The zero-order valence-electron chi connectivity index (χ0n) is 19.6. The number of Topliss-reactive ketones (excluding diaryl/α,β-unsaturated/α-hetero) is 1. The Morgan fingerprint density at radius 2 is 1.67 bits per heavy atom. The molecule has 0 saturated carbocycles. The van der Waals surface area contributed by atoms with Crippen LogP contribution in [-0.2, 0) is 16.6 Å². The molecule has 1 aromatic heterocycles. The summed E-state index contributed by atoms with van der Waals surface area (Å²) in [5.41, 5.74) is 3.34. The molecule has 9 heteroatoms. The zero-order chi connectivity index (χ0) is 25.1. The van der Waals surface area contributed by atoms with Crippen molar-refractivity contribution in [3.8, 4) is 0 Å². The number of fused-ring (bicyclic) bond motifs is 1. The van der Waals surface area contributed by atoms with E-state index in [2.05, 4.69) is 16.7 Å². The Bertz CT molecular complexity index is 1480. The molecular formula is C27H26ClN3O3S2. The van der Waals surface area contributed by atoms with Gasteiger partial charge >= 0.3 is 0 Å². The molecule has 0 aliphatic carbocycles. The van der Waals surface area contributed by atoms with Gasteiger partial charge in [-0.15, -0.1) is 0 Å². The summed E-state index contributed by atoms with van der Waals surface area (Å²) in [5.74, 6) is 0.0997. The average molecular weight is 540 g/mol. The number of benzene rings is 3. The third kappa shape index (κ3) is 5.37. The first-order chi connectivity index (χ1) is 17.4. The summed E-state index contributed by atoms with van der Waals surface area (Å²) < 4.78 is 29.4. The molecule has 36 heavy (non-hydrogen) atoms. The lowest BCUT2D eigenvalue weighted by Crippen LogP contribution is -2.35. The highest BCUT2D eigenvalue weighted by Crippen LogP contribution is 2.28. The number of hydrogen-bond acceptors (Lipinski definition) is 5. The van der Waals surface area contributed by atoms with Gasteiger partial charge < -0.3 is 4.57 Å². The summed E-state index contributed by atoms with van der Waals surface area (Å²) in [6, 6.07) is 22.0. The molecule has 0 spiro atoms. The van der Waals surface area contributed by atoms with Gasteiger partial charge in [0.2, 0.25) is 10.0 Å². The van der Waals surface area contributed by atoms with Crippen LogP contribution in [0.4, 0.5) is 0 Å². The third-order valence-corrected chi connectivity index (χ3v) is 9.44. The first-order valence-corrected chi connectivity index (χ1v) is 14.7. The second kappa shape index (κ2) is 10.8. The van der Waals surface area contributed by atoms with Crippen LogP contribution in [0.3, 0.4) is 0 Å². The van der Waals surface area contributed by atoms with E-state index >= 15 is 0 Å². The lowest BCUT2D eigenvalue weighted by molar-refractivity contribution is 0.102. The highest BCUT2D eigenvalue weighted by Gasteiger charge is 2.26. The van der Waals surface area contributed by atoms with Crippen molar-refractivity contribution in [2.45, 2.75) is 35.9 Å². The number of sulfonamides is 1. The Kier molecular flexibility index (Phi) is 7.48. The van der Waals surface area contributed by atoms with E-state index in [1.807, 2.05) is 36.4 Å². The Balaban J connectivity index is 1.33. The van der Waals surface area contributed by atoms with E-state index in [4.69, 9.17) is 16.6 Å². The van der Waals surface area contributed by atoms with Crippen molar-refractivity contribution in [2.24, 2.45) is 0 Å². The van der Waals surface area contributed by atoms with Crippen molar-refractivity contribution in [3.63, 3.8) is 0 Å². The van der Waals surface area contributed by atoms with Gasteiger partial charge in [0.15, 0.2) is 10.9 Å². The third-order valence-electron chi connectivity index (χ3n) is 6.32. The molecule has 1 aliphatic rings. The first kappa shape index (κ1) is 25.0. The Labute approximate surface area is 220 Å². The fourth-order valence-corrected chi connectivity index (χ4v) is 6.98. The Hall–Kier alpha value is -2.65. The number of rotatable bonds is 8. The smallest absolute Gasteiger partial charge is 0.243 e. The van der Waals surface area contributed by atoms with Gasteiger partial charge in [0.05, 0.1) is 28.2 Å². The van der Waals surface area contributed by atoms with E-state index in [9.17, 15) is 13.2 Å². The van der Waals surface area contributed by atoms with Crippen LogP contribution in [0.5, 0.6) is 0 Å². The van der Waals surface area contributed by atoms with Crippen LogP contribution in [0.1, 0.15) is 35.2 Å². The van der Waals surface area contributed by atoms with Crippen molar-refractivity contribution in [1.29, 1.82) is 0 Å². The van der Waals surface area contributed by atoms with Crippen LogP contribution in [0, 0.1) is 0 Å². The summed E-state index contributed by atoms with van der Waals surface area (Å²) in [7, 11) is -3.52. The number of thioether (sulfide) groups is 1. The number of imidazole rings is 1. The van der Waals surface area contributed by atoms with Crippen LogP contribution < -0.4 is 0 Å². The molecule has 2 heterocycles. The predicted molar refractivity (Wildman–Crippen MR) is 144 cm³/mol. The highest BCUT2D eigenvalue weighted by atomic mass is 35.5. The van der Waals surface area contributed by atoms with Gasteiger partial charge in [-0.3, -0.25) is 4.79 Å². The molecule has 1 fully saturated rings.